The van der Waals surface area contributed by atoms with Gasteiger partial charge in [-0.25, -0.2) is 4.79 Å². The van der Waals surface area contributed by atoms with Gasteiger partial charge in [-0.2, -0.15) is 0 Å². The number of rotatable bonds is 1. The van der Waals surface area contributed by atoms with E-state index in [1.54, 1.807) is 0 Å². The molecule has 0 bridgehead atoms. The molecule has 0 unspecified atom stereocenters. The summed E-state index contributed by atoms with van der Waals surface area (Å²) in [5.74, 6) is -1.06. The highest BCUT2D eigenvalue weighted by molar-refractivity contribution is 6.33. The Kier molecular flexibility index (Phi) is 2.52. The Morgan fingerprint density at radius 1 is 1.47 bits per heavy atom. The van der Waals surface area contributed by atoms with Crippen LogP contribution in [0.2, 0.25) is 5.02 Å². The summed E-state index contributed by atoms with van der Waals surface area (Å²) in [7, 11) is 0. The third kappa shape index (κ3) is 1.65. The van der Waals surface area contributed by atoms with Crippen LogP contribution in [0.5, 0.6) is 0 Å². The first-order valence-electron chi connectivity index (χ1n) is 4.77. The predicted molar refractivity (Wildman–Crippen MR) is 55.6 cm³/mol. The second-order valence-corrected chi connectivity index (χ2v) is 3.97. The van der Waals surface area contributed by atoms with Crippen LogP contribution >= 0.6 is 11.6 Å². The molecule has 0 spiro atoms. The Morgan fingerprint density at radius 3 is 2.87 bits per heavy atom. The van der Waals surface area contributed by atoms with E-state index in [0.717, 1.165) is 12.8 Å². The molecule has 0 amide bonds. The van der Waals surface area contributed by atoms with Gasteiger partial charge in [0.2, 0.25) is 0 Å². The van der Waals surface area contributed by atoms with Gasteiger partial charge in [0.05, 0.1) is 10.6 Å². The Hall–Kier alpha value is -1.29. The molecular weight excluding hydrogens is 218 g/mol. The lowest BCUT2D eigenvalue weighted by Gasteiger charge is -2.20. The van der Waals surface area contributed by atoms with Gasteiger partial charge in [-0.3, -0.25) is 4.79 Å². The Balaban J connectivity index is 2.74. The summed E-state index contributed by atoms with van der Waals surface area (Å²) in [5, 5.41) is 9.05. The first-order chi connectivity index (χ1) is 7.11. The number of hydrogen-bond donors (Lipinski definition) is 1. The van der Waals surface area contributed by atoms with E-state index in [-0.39, 0.29) is 16.1 Å². The SMILES string of the molecule is O=C(O)c1c(Cl)cc(=O)n2c1CCCC2. The average Bonchev–Trinajstić information content (AvgIpc) is 2.17. The molecule has 1 aliphatic rings. The fourth-order valence-corrected chi connectivity index (χ4v) is 2.24. The van der Waals surface area contributed by atoms with Crippen molar-refractivity contribution >= 4 is 17.6 Å². The van der Waals surface area contributed by atoms with Gasteiger partial charge in [-0.15, -0.1) is 0 Å². The van der Waals surface area contributed by atoms with Crippen molar-refractivity contribution in [2.24, 2.45) is 0 Å². The van der Waals surface area contributed by atoms with E-state index >= 15 is 0 Å². The van der Waals surface area contributed by atoms with Crippen LogP contribution in [0, 0.1) is 0 Å². The fourth-order valence-electron chi connectivity index (χ4n) is 1.96. The molecule has 5 heteroatoms. The van der Waals surface area contributed by atoms with Crippen LogP contribution in [0.4, 0.5) is 0 Å². The van der Waals surface area contributed by atoms with E-state index in [1.807, 2.05) is 0 Å². The molecule has 15 heavy (non-hydrogen) atoms. The number of aromatic carboxylic acids is 1. The van der Waals surface area contributed by atoms with Gasteiger partial charge >= 0.3 is 5.97 Å². The third-order valence-corrected chi connectivity index (χ3v) is 2.93. The van der Waals surface area contributed by atoms with Crippen molar-refractivity contribution in [1.82, 2.24) is 4.57 Å². The van der Waals surface area contributed by atoms with E-state index in [1.165, 1.54) is 10.6 Å². The molecule has 0 radical (unpaired) electrons. The number of halogens is 1. The monoisotopic (exact) mass is 227 g/mol. The molecule has 0 aliphatic carbocycles. The predicted octanol–water partition coefficient (Wildman–Crippen LogP) is 1.54. The average molecular weight is 228 g/mol. The lowest BCUT2D eigenvalue weighted by atomic mass is 10.0. The number of nitrogens with zero attached hydrogens (tertiary/aromatic N) is 1. The van der Waals surface area contributed by atoms with Crippen LogP contribution in [-0.4, -0.2) is 15.6 Å². The summed E-state index contributed by atoms with van der Waals surface area (Å²) < 4.78 is 1.51. The second-order valence-electron chi connectivity index (χ2n) is 3.57. The molecule has 1 N–H and O–H groups in total. The maximum Gasteiger partial charge on any atom is 0.339 e. The molecule has 4 nitrogen and oxygen atoms in total. The molecule has 0 atom stereocenters. The van der Waals surface area contributed by atoms with Gasteiger partial charge in [0.1, 0.15) is 0 Å². The molecule has 1 aromatic rings. The largest absolute Gasteiger partial charge is 0.478 e. The summed E-state index contributed by atoms with van der Waals surface area (Å²) in [6, 6.07) is 1.18. The van der Waals surface area contributed by atoms with Crippen molar-refractivity contribution in [1.29, 1.82) is 0 Å². The summed E-state index contributed by atoms with van der Waals surface area (Å²) in [4.78, 5) is 22.6. The van der Waals surface area contributed by atoms with Crippen molar-refractivity contribution in [3.05, 3.63) is 32.7 Å². The van der Waals surface area contributed by atoms with Crippen LogP contribution in [0.15, 0.2) is 10.9 Å². The number of carbonyl (C=O) groups is 1. The van der Waals surface area contributed by atoms with Gasteiger partial charge in [0.15, 0.2) is 0 Å². The van der Waals surface area contributed by atoms with E-state index in [0.29, 0.717) is 18.7 Å². The van der Waals surface area contributed by atoms with E-state index < -0.39 is 5.97 Å². The quantitative estimate of drug-likeness (QED) is 0.792. The summed E-state index contributed by atoms with van der Waals surface area (Å²) >= 11 is 5.77. The van der Waals surface area contributed by atoms with Crippen molar-refractivity contribution in [3.63, 3.8) is 0 Å². The minimum absolute atomic E-state index is 0.0423. The lowest BCUT2D eigenvalue weighted by Crippen LogP contribution is -2.29. The molecule has 80 valence electrons. The zero-order valence-corrected chi connectivity index (χ0v) is 8.75. The van der Waals surface area contributed by atoms with Gasteiger partial charge < -0.3 is 9.67 Å². The van der Waals surface area contributed by atoms with Crippen molar-refractivity contribution in [2.75, 3.05) is 0 Å². The van der Waals surface area contributed by atoms with Crippen molar-refractivity contribution < 1.29 is 9.90 Å². The number of fused-ring (bicyclic) bond motifs is 1. The molecule has 0 saturated carbocycles. The van der Waals surface area contributed by atoms with Gasteiger partial charge in [0.25, 0.3) is 5.56 Å². The van der Waals surface area contributed by atoms with Crippen LogP contribution in [0.3, 0.4) is 0 Å². The number of carboxylic acid groups (broad SMARTS) is 1. The summed E-state index contributed by atoms with van der Waals surface area (Å²) in [6.45, 7) is 0.589. The Bertz CT molecular complexity index is 478. The van der Waals surface area contributed by atoms with Crippen LogP contribution in [0.1, 0.15) is 28.9 Å². The van der Waals surface area contributed by atoms with Crippen molar-refractivity contribution in [3.8, 4) is 0 Å². The minimum atomic E-state index is -1.06. The van der Waals surface area contributed by atoms with Crippen LogP contribution in [0.25, 0.3) is 0 Å². The van der Waals surface area contributed by atoms with E-state index in [4.69, 9.17) is 16.7 Å². The minimum Gasteiger partial charge on any atom is -0.478 e. The fraction of sp³-hybridized carbons (Fsp3) is 0.400. The molecule has 1 aliphatic heterocycles. The Labute approximate surface area is 91.1 Å². The number of carboxylic acids is 1. The molecule has 0 saturated heterocycles. The molecule has 0 fully saturated rings. The topological polar surface area (TPSA) is 59.3 Å². The standard InChI is InChI=1S/C10H10ClNO3/c11-6-5-8(13)12-4-2-1-3-7(12)9(6)10(14)15/h5H,1-4H2,(H,14,15). The van der Waals surface area contributed by atoms with E-state index in [9.17, 15) is 9.59 Å². The third-order valence-electron chi connectivity index (χ3n) is 2.63. The van der Waals surface area contributed by atoms with E-state index in [2.05, 4.69) is 0 Å². The Morgan fingerprint density at radius 2 is 2.20 bits per heavy atom. The second kappa shape index (κ2) is 3.70. The highest BCUT2D eigenvalue weighted by Crippen LogP contribution is 2.22. The highest BCUT2D eigenvalue weighted by Gasteiger charge is 2.21. The molecule has 2 rings (SSSR count). The van der Waals surface area contributed by atoms with Gasteiger partial charge in [0, 0.05) is 18.3 Å². The molecule has 1 aromatic heterocycles. The highest BCUT2D eigenvalue weighted by atomic mass is 35.5. The first-order valence-corrected chi connectivity index (χ1v) is 5.14. The molecular formula is C10H10ClNO3. The number of aromatic nitrogens is 1. The normalized spacial score (nSPS) is 14.7. The molecule has 0 aromatic carbocycles. The van der Waals surface area contributed by atoms with Crippen LogP contribution in [-0.2, 0) is 13.0 Å². The van der Waals surface area contributed by atoms with Crippen molar-refractivity contribution in [2.45, 2.75) is 25.8 Å². The summed E-state index contributed by atoms with van der Waals surface area (Å²) in [6.07, 6.45) is 2.42. The summed E-state index contributed by atoms with van der Waals surface area (Å²) in [5.41, 5.74) is 0.432. The first kappa shape index (κ1) is 10.2. The maximum atomic E-state index is 11.5. The zero-order valence-electron chi connectivity index (χ0n) is 7.99. The van der Waals surface area contributed by atoms with Gasteiger partial charge in [-0.1, -0.05) is 11.6 Å². The lowest BCUT2D eigenvalue weighted by molar-refractivity contribution is 0.0694. The van der Waals surface area contributed by atoms with Gasteiger partial charge in [-0.05, 0) is 19.3 Å². The zero-order chi connectivity index (χ0) is 11.0. The smallest absolute Gasteiger partial charge is 0.339 e. The molecule has 2 heterocycles. The maximum absolute atomic E-state index is 11.5. The van der Waals surface area contributed by atoms with Crippen LogP contribution < -0.4 is 5.56 Å². The number of pyridine rings is 1. The number of hydrogen-bond acceptors (Lipinski definition) is 2.